The molecule has 0 unspecified atom stereocenters. The number of carbonyl (C=O) groups is 1. The van der Waals surface area contributed by atoms with Gasteiger partial charge in [0.2, 0.25) is 0 Å². The number of rotatable bonds is 7. The van der Waals surface area contributed by atoms with Crippen LogP contribution in [0.25, 0.3) is 0 Å². The van der Waals surface area contributed by atoms with Crippen molar-refractivity contribution >= 4 is 17.5 Å². The fourth-order valence-electron chi connectivity index (χ4n) is 1.56. The van der Waals surface area contributed by atoms with Gasteiger partial charge in [0.1, 0.15) is 11.6 Å². The number of phenolic OH excluding ortho intramolecular Hbond substituents is 1. The molecule has 1 aromatic carbocycles. The highest BCUT2D eigenvalue weighted by atomic mass is 35.5. The monoisotopic (exact) mass is 273 g/mol. The van der Waals surface area contributed by atoms with E-state index in [0.717, 1.165) is 31.7 Å². The van der Waals surface area contributed by atoms with Gasteiger partial charge in [-0.25, -0.2) is 4.39 Å². The molecule has 2 N–H and O–H groups in total. The number of amides is 1. The first kappa shape index (κ1) is 14.8. The van der Waals surface area contributed by atoms with Crippen LogP contribution in [-0.2, 0) is 0 Å². The number of hydrogen-bond acceptors (Lipinski definition) is 2. The van der Waals surface area contributed by atoms with Crippen LogP contribution >= 0.6 is 11.6 Å². The van der Waals surface area contributed by atoms with Crippen LogP contribution in [0.4, 0.5) is 4.39 Å². The molecule has 0 bridgehead atoms. The van der Waals surface area contributed by atoms with Crippen LogP contribution in [0.1, 0.15) is 36.0 Å². The number of phenols is 1. The molecule has 0 aromatic heterocycles. The van der Waals surface area contributed by atoms with E-state index in [-0.39, 0.29) is 11.3 Å². The van der Waals surface area contributed by atoms with Gasteiger partial charge in [0.05, 0.1) is 5.56 Å². The van der Waals surface area contributed by atoms with Crippen molar-refractivity contribution in [1.82, 2.24) is 5.32 Å². The molecule has 1 aromatic rings. The number of alkyl halides is 1. The summed E-state index contributed by atoms with van der Waals surface area (Å²) in [5.41, 5.74) is -0.0476. The summed E-state index contributed by atoms with van der Waals surface area (Å²) in [7, 11) is 0. The van der Waals surface area contributed by atoms with Crippen LogP contribution < -0.4 is 5.32 Å². The highest BCUT2D eigenvalue weighted by Crippen LogP contribution is 2.14. The van der Waals surface area contributed by atoms with E-state index in [1.165, 1.54) is 12.1 Å². The van der Waals surface area contributed by atoms with Crippen molar-refractivity contribution in [1.29, 1.82) is 0 Å². The van der Waals surface area contributed by atoms with Crippen LogP contribution in [0.5, 0.6) is 5.75 Å². The van der Waals surface area contributed by atoms with Crippen molar-refractivity contribution in [3.05, 3.63) is 29.6 Å². The summed E-state index contributed by atoms with van der Waals surface area (Å²) < 4.78 is 13.3. The van der Waals surface area contributed by atoms with E-state index in [1.807, 2.05) is 0 Å². The largest absolute Gasteiger partial charge is 0.508 e. The number of benzene rings is 1. The van der Waals surface area contributed by atoms with Crippen LogP contribution in [-0.4, -0.2) is 23.4 Å². The Balaban J connectivity index is 2.32. The van der Waals surface area contributed by atoms with Gasteiger partial charge < -0.3 is 10.4 Å². The fourth-order valence-corrected chi connectivity index (χ4v) is 1.75. The highest BCUT2D eigenvalue weighted by molar-refractivity contribution is 6.17. The van der Waals surface area contributed by atoms with E-state index in [1.54, 1.807) is 0 Å². The second-order valence-electron chi connectivity index (χ2n) is 4.02. The summed E-state index contributed by atoms with van der Waals surface area (Å²) >= 11 is 5.54. The molecule has 0 heterocycles. The standard InChI is InChI=1S/C13H17ClFNO2/c14-7-3-1-2-4-8-16-13(18)11-6-5-10(17)9-12(11)15/h5-6,9,17H,1-4,7-8H2,(H,16,18). The van der Waals surface area contributed by atoms with E-state index >= 15 is 0 Å². The van der Waals surface area contributed by atoms with Gasteiger partial charge in [0.25, 0.3) is 5.91 Å². The lowest BCUT2D eigenvalue weighted by atomic mass is 10.1. The Bertz CT molecular complexity index is 399. The van der Waals surface area contributed by atoms with Gasteiger partial charge in [-0.05, 0) is 25.0 Å². The predicted molar refractivity (Wildman–Crippen MR) is 69.6 cm³/mol. The lowest BCUT2D eigenvalue weighted by Gasteiger charge is -2.06. The van der Waals surface area contributed by atoms with Crippen molar-refractivity contribution in [3.63, 3.8) is 0 Å². The molecule has 0 saturated carbocycles. The van der Waals surface area contributed by atoms with E-state index < -0.39 is 11.7 Å². The normalized spacial score (nSPS) is 10.3. The Morgan fingerprint density at radius 3 is 2.67 bits per heavy atom. The van der Waals surface area contributed by atoms with E-state index in [9.17, 15) is 9.18 Å². The Hall–Kier alpha value is -1.29. The third kappa shape index (κ3) is 4.92. The number of unbranched alkanes of at least 4 members (excludes halogenated alkanes) is 3. The summed E-state index contributed by atoms with van der Waals surface area (Å²) in [5, 5.41) is 11.7. The second-order valence-corrected chi connectivity index (χ2v) is 4.40. The Morgan fingerprint density at radius 2 is 2.00 bits per heavy atom. The first-order valence-corrected chi connectivity index (χ1v) is 6.51. The van der Waals surface area contributed by atoms with Gasteiger partial charge in [-0.15, -0.1) is 11.6 Å². The number of carbonyl (C=O) groups excluding carboxylic acids is 1. The third-order valence-corrected chi connectivity index (χ3v) is 2.81. The van der Waals surface area contributed by atoms with Crippen LogP contribution in [0.2, 0.25) is 0 Å². The van der Waals surface area contributed by atoms with Crippen molar-refractivity contribution in [2.45, 2.75) is 25.7 Å². The lowest BCUT2D eigenvalue weighted by molar-refractivity contribution is 0.0949. The molecule has 100 valence electrons. The minimum absolute atomic E-state index is 0.0476. The summed E-state index contributed by atoms with van der Waals surface area (Å²) in [4.78, 5) is 11.6. The molecule has 0 radical (unpaired) electrons. The van der Waals surface area contributed by atoms with Gasteiger partial charge >= 0.3 is 0 Å². The molecule has 0 aliphatic heterocycles. The molecular weight excluding hydrogens is 257 g/mol. The van der Waals surface area contributed by atoms with Gasteiger partial charge in [0.15, 0.2) is 0 Å². The maximum atomic E-state index is 13.3. The number of halogens is 2. The minimum atomic E-state index is -0.713. The summed E-state index contributed by atoms with van der Waals surface area (Å²) in [5.74, 6) is -0.699. The molecule has 0 atom stereocenters. The number of hydrogen-bond donors (Lipinski definition) is 2. The minimum Gasteiger partial charge on any atom is -0.508 e. The topological polar surface area (TPSA) is 49.3 Å². The molecule has 0 fully saturated rings. The first-order valence-electron chi connectivity index (χ1n) is 5.98. The zero-order valence-electron chi connectivity index (χ0n) is 10.1. The van der Waals surface area contributed by atoms with Gasteiger partial charge in [-0.3, -0.25) is 4.79 Å². The molecular formula is C13H17ClFNO2. The average molecular weight is 274 g/mol. The molecule has 0 aliphatic carbocycles. The smallest absolute Gasteiger partial charge is 0.254 e. The van der Waals surface area contributed by atoms with Gasteiger partial charge in [0, 0.05) is 18.5 Å². The van der Waals surface area contributed by atoms with Crippen LogP contribution in [0.15, 0.2) is 18.2 Å². The number of aromatic hydroxyl groups is 1. The maximum Gasteiger partial charge on any atom is 0.254 e. The Kier molecular flexibility index (Phi) is 6.50. The van der Waals surface area contributed by atoms with E-state index in [0.29, 0.717) is 12.4 Å². The molecule has 1 amide bonds. The summed E-state index contributed by atoms with van der Waals surface area (Å²) in [6.45, 7) is 0.515. The van der Waals surface area contributed by atoms with E-state index in [2.05, 4.69) is 5.32 Å². The molecule has 3 nitrogen and oxygen atoms in total. The van der Waals surface area contributed by atoms with Crippen LogP contribution in [0.3, 0.4) is 0 Å². The zero-order valence-corrected chi connectivity index (χ0v) is 10.8. The SMILES string of the molecule is O=C(NCCCCCCCl)c1ccc(O)cc1F. The molecule has 0 spiro atoms. The maximum absolute atomic E-state index is 13.3. The van der Waals surface area contributed by atoms with Crippen LogP contribution in [0, 0.1) is 5.82 Å². The Morgan fingerprint density at radius 1 is 1.28 bits per heavy atom. The van der Waals surface area contributed by atoms with Gasteiger partial charge in [-0.2, -0.15) is 0 Å². The van der Waals surface area contributed by atoms with Gasteiger partial charge in [-0.1, -0.05) is 12.8 Å². The second kappa shape index (κ2) is 7.93. The van der Waals surface area contributed by atoms with Crippen molar-refractivity contribution in [2.24, 2.45) is 0 Å². The molecule has 0 aliphatic rings. The predicted octanol–water partition coefficient (Wildman–Crippen LogP) is 3.06. The third-order valence-electron chi connectivity index (χ3n) is 2.54. The lowest BCUT2D eigenvalue weighted by Crippen LogP contribution is -2.25. The fraction of sp³-hybridized carbons (Fsp3) is 0.462. The van der Waals surface area contributed by atoms with Crippen molar-refractivity contribution < 1.29 is 14.3 Å². The van der Waals surface area contributed by atoms with E-state index in [4.69, 9.17) is 16.7 Å². The Labute approximate surface area is 111 Å². The first-order chi connectivity index (χ1) is 8.65. The molecule has 5 heteroatoms. The zero-order chi connectivity index (χ0) is 13.4. The quantitative estimate of drug-likeness (QED) is 0.592. The molecule has 18 heavy (non-hydrogen) atoms. The molecule has 1 rings (SSSR count). The van der Waals surface area contributed by atoms with Crippen molar-refractivity contribution in [3.8, 4) is 5.75 Å². The van der Waals surface area contributed by atoms with Crippen molar-refractivity contribution in [2.75, 3.05) is 12.4 Å². The highest BCUT2D eigenvalue weighted by Gasteiger charge is 2.11. The average Bonchev–Trinajstić information content (AvgIpc) is 2.33. The number of nitrogens with one attached hydrogen (secondary N) is 1. The summed E-state index contributed by atoms with van der Waals surface area (Å²) in [6.07, 6.45) is 3.85. The molecule has 0 saturated heterocycles. The summed E-state index contributed by atoms with van der Waals surface area (Å²) in [6, 6.07) is 3.49.